The van der Waals surface area contributed by atoms with Gasteiger partial charge in [-0.15, -0.1) is 0 Å². The molecule has 5 aliphatic rings. The SMILES string of the molecule is CCO[C@]12CC[C@H](C(=O)C1)[C@H]1C(=O)N(CCCCN3CCN(c4ncccn4)CC3)C(=O)[C@H]12. The van der Waals surface area contributed by atoms with Crippen LogP contribution in [0.3, 0.4) is 0 Å². The number of anilines is 1. The first-order chi connectivity index (χ1) is 16.0. The number of ketones is 1. The van der Waals surface area contributed by atoms with E-state index in [4.69, 9.17) is 4.74 Å². The van der Waals surface area contributed by atoms with Crippen LogP contribution < -0.4 is 4.90 Å². The number of likely N-dealkylation sites (tertiary alicyclic amines) is 1. The van der Waals surface area contributed by atoms with E-state index in [2.05, 4.69) is 19.8 Å². The van der Waals surface area contributed by atoms with Crippen LogP contribution in [0.4, 0.5) is 5.95 Å². The van der Waals surface area contributed by atoms with Crippen LogP contribution in [-0.2, 0) is 19.1 Å². The second-order valence-corrected chi connectivity index (χ2v) is 9.70. The molecule has 9 heteroatoms. The minimum Gasteiger partial charge on any atom is -0.374 e. The molecule has 2 amide bonds. The molecule has 6 rings (SSSR count). The van der Waals surface area contributed by atoms with Gasteiger partial charge >= 0.3 is 0 Å². The average Bonchev–Trinajstić information content (AvgIpc) is 3.10. The van der Waals surface area contributed by atoms with E-state index in [0.717, 1.165) is 51.5 Å². The highest BCUT2D eigenvalue weighted by molar-refractivity contribution is 6.09. The minimum absolute atomic E-state index is 0.0963. The predicted octanol–water partition coefficient (Wildman–Crippen LogP) is 1.14. The normalized spacial score (nSPS) is 32.0. The molecular weight excluding hydrogens is 422 g/mol. The largest absolute Gasteiger partial charge is 0.374 e. The molecule has 5 fully saturated rings. The number of imide groups is 1. The number of hydrogen-bond donors (Lipinski definition) is 0. The third-order valence-corrected chi connectivity index (χ3v) is 7.95. The zero-order valence-electron chi connectivity index (χ0n) is 19.3. The summed E-state index contributed by atoms with van der Waals surface area (Å²) in [6.07, 6.45) is 6.87. The van der Waals surface area contributed by atoms with Crippen LogP contribution in [0.15, 0.2) is 18.5 Å². The number of amides is 2. The van der Waals surface area contributed by atoms with Crippen molar-refractivity contribution in [3.05, 3.63) is 18.5 Å². The molecule has 178 valence electrons. The van der Waals surface area contributed by atoms with Crippen LogP contribution in [0, 0.1) is 17.8 Å². The van der Waals surface area contributed by atoms with Crippen molar-refractivity contribution in [3.63, 3.8) is 0 Å². The number of unbranched alkanes of at least 4 members (excludes halogenated alkanes) is 1. The van der Waals surface area contributed by atoms with E-state index in [-0.39, 0.29) is 29.9 Å². The van der Waals surface area contributed by atoms with Crippen molar-refractivity contribution in [2.24, 2.45) is 17.8 Å². The quantitative estimate of drug-likeness (QED) is 0.425. The Morgan fingerprint density at radius 2 is 1.76 bits per heavy atom. The molecule has 0 N–H and O–H groups in total. The smallest absolute Gasteiger partial charge is 0.236 e. The van der Waals surface area contributed by atoms with E-state index in [9.17, 15) is 14.4 Å². The summed E-state index contributed by atoms with van der Waals surface area (Å²) in [7, 11) is 0. The molecule has 1 aromatic heterocycles. The van der Waals surface area contributed by atoms with E-state index in [1.54, 1.807) is 12.4 Å². The Bertz CT molecular complexity index is 899. The first kappa shape index (κ1) is 22.4. The zero-order valence-corrected chi connectivity index (χ0v) is 19.3. The lowest BCUT2D eigenvalue weighted by atomic mass is 9.56. The third-order valence-electron chi connectivity index (χ3n) is 7.95. The number of rotatable bonds is 8. The van der Waals surface area contributed by atoms with E-state index in [0.29, 0.717) is 26.0 Å². The van der Waals surface area contributed by atoms with Gasteiger partial charge in [0.05, 0.1) is 17.4 Å². The Balaban J connectivity index is 1.12. The maximum absolute atomic E-state index is 13.3. The molecule has 9 nitrogen and oxygen atoms in total. The molecule has 33 heavy (non-hydrogen) atoms. The van der Waals surface area contributed by atoms with Gasteiger partial charge in [0.2, 0.25) is 17.8 Å². The number of piperazine rings is 1. The van der Waals surface area contributed by atoms with Crippen LogP contribution in [0.2, 0.25) is 0 Å². The monoisotopic (exact) mass is 455 g/mol. The maximum Gasteiger partial charge on any atom is 0.236 e. The van der Waals surface area contributed by atoms with Gasteiger partial charge in [-0.2, -0.15) is 0 Å². The second kappa shape index (κ2) is 9.10. The summed E-state index contributed by atoms with van der Waals surface area (Å²) in [6.45, 7) is 7.40. The van der Waals surface area contributed by atoms with Crippen molar-refractivity contribution < 1.29 is 19.1 Å². The zero-order chi connectivity index (χ0) is 23.0. The van der Waals surface area contributed by atoms with Gasteiger partial charge in [-0.25, -0.2) is 9.97 Å². The van der Waals surface area contributed by atoms with Gasteiger partial charge in [-0.1, -0.05) is 0 Å². The summed E-state index contributed by atoms with van der Waals surface area (Å²) in [5.41, 5.74) is -0.769. The Hall–Kier alpha value is -2.39. The first-order valence-corrected chi connectivity index (χ1v) is 12.3. The van der Waals surface area contributed by atoms with Gasteiger partial charge in [-0.3, -0.25) is 24.2 Å². The van der Waals surface area contributed by atoms with Gasteiger partial charge in [0.15, 0.2) is 0 Å². The first-order valence-electron chi connectivity index (χ1n) is 12.3. The van der Waals surface area contributed by atoms with Gasteiger partial charge in [0, 0.05) is 64.1 Å². The van der Waals surface area contributed by atoms with Crippen LogP contribution in [0.1, 0.15) is 39.0 Å². The van der Waals surface area contributed by atoms with Gasteiger partial charge < -0.3 is 9.64 Å². The maximum atomic E-state index is 13.3. The van der Waals surface area contributed by atoms with E-state index >= 15 is 0 Å². The van der Waals surface area contributed by atoms with Crippen molar-refractivity contribution in [1.29, 1.82) is 0 Å². The second-order valence-electron chi connectivity index (χ2n) is 9.70. The van der Waals surface area contributed by atoms with Crippen LogP contribution in [-0.4, -0.2) is 88.8 Å². The highest BCUT2D eigenvalue weighted by atomic mass is 16.5. The topological polar surface area (TPSA) is 95.9 Å². The average molecular weight is 456 g/mol. The van der Waals surface area contributed by atoms with Crippen LogP contribution in [0.5, 0.6) is 0 Å². The summed E-state index contributed by atoms with van der Waals surface area (Å²) >= 11 is 0. The number of carbonyl (C=O) groups is 3. The fourth-order valence-corrected chi connectivity index (χ4v) is 6.38. The van der Waals surface area contributed by atoms with Crippen molar-refractivity contribution >= 4 is 23.5 Å². The van der Waals surface area contributed by atoms with Crippen LogP contribution in [0.25, 0.3) is 0 Å². The molecule has 1 aromatic rings. The number of ether oxygens (including phenoxy) is 1. The summed E-state index contributed by atoms with van der Waals surface area (Å²) in [6, 6.07) is 1.82. The number of fused-ring (bicyclic) bond motifs is 2. The molecular formula is C24H33N5O4. The number of carbonyl (C=O) groups excluding carboxylic acids is 3. The number of aromatic nitrogens is 2. The minimum atomic E-state index is -0.769. The summed E-state index contributed by atoms with van der Waals surface area (Å²) in [5, 5.41) is 0. The molecule has 0 aromatic carbocycles. The van der Waals surface area contributed by atoms with Gasteiger partial charge in [0.1, 0.15) is 5.78 Å². The summed E-state index contributed by atoms with van der Waals surface area (Å²) < 4.78 is 6.01. The van der Waals surface area contributed by atoms with Crippen molar-refractivity contribution in [3.8, 4) is 0 Å². The molecule has 2 saturated heterocycles. The lowest BCUT2D eigenvalue weighted by Crippen LogP contribution is -2.59. The number of Topliss-reactive ketones (excluding diaryl/α,β-unsaturated/α-hetero) is 1. The predicted molar refractivity (Wildman–Crippen MR) is 120 cm³/mol. The van der Waals surface area contributed by atoms with E-state index < -0.39 is 17.4 Å². The molecule has 0 unspecified atom stereocenters. The highest BCUT2D eigenvalue weighted by Gasteiger charge is 2.67. The third kappa shape index (κ3) is 3.95. The molecule has 3 heterocycles. The fraction of sp³-hybridized carbons (Fsp3) is 0.708. The Labute approximate surface area is 194 Å². The van der Waals surface area contributed by atoms with Crippen molar-refractivity contribution in [2.75, 3.05) is 50.8 Å². The van der Waals surface area contributed by atoms with Crippen molar-refractivity contribution in [2.45, 2.75) is 44.6 Å². The van der Waals surface area contributed by atoms with Crippen LogP contribution >= 0.6 is 0 Å². The molecule has 0 spiro atoms. The van der Waals surface area contributed by atoms with Crippen molar-refractivity contribution in [1.82, 2.24) is 19.8 Å². The summed E-state index contributed by atoms with van der Waals surface area (Å²) in [5.74, 6) is -0.679. The molecule has 0 radical (unpaired) electrons. The Morgan fingerprint density at radius 3 is 2.45 bits per heavy atom. The molecule has 4 atom stereocenters. The lowest BCUT2D eigenvalue weighted by molar-refractivity contribution is -0.180. The molecule has 3 aliphatic carbocycles. The Morgan fingerprint density at radius 1 is 1.03 bits per heavy atom. The van der Waals surface area contributed by atoms with E-state index in [1.807, 2.05) is 13.0 Å². The number of nitrogens with zero attached hydrogens (tertiary/aromatic N) is 5. The number of hydrogen-bond acceptors (Lipinski definition) is 8. The highest BCUT2D eigenvalue weighted by Crippen LogP contribution is 2.55. The molecule has 2 aliphatic heterocycles. The molecule has 2 bridgehead atoms. The summed E-state index contributed by atoms with van der Waals surface area (Å²) in [4.78, 5) is 53.8. The fourth-order valence-electron chi connectivity index (χ4n) is 6.38. The lowest BCUT2D eigenvalue weighted by Gasteiger charge is -2.50. The van der Waals surface area contributed by atoms with Gasteiger partial charge in [-0.05, 0) is 45.2 Å². The Kier molecular flexibility index (Phi) is 6.18. The van der Waals surface area contributed by atoms with Gasteiger partial charge in [0.25, 0.3) is 0 Å². The standard InChI is InChI=1S/C24H33N5O4/c1-2-33-24-7-6-17(18(30)16-24)19-20(24)22(32)29(21(19)31)11-4-3-10-27-12-14-28(15-13-27)23-25-8-5-9-26-23/h5,8-9,17,19-20H,2-4,6-7,10-16H2,1H3/t17-,19-,20+,24-/m1/s1. The van der Waals surface area contributed by atoms with E-state index in [1.165, 1.54) is 4.90 Å². The molecule has 3 saturated carbocycles.